The fourth-order valence-corrected chi connectivity index (χ4v) is 5.71. The van der Waals surface area contributed by atoms with E-state index in [0.717, 1.165) is 135 Å². The van der Waals surface area contributed by atoms with Gasteiger partial charge in [0.05, 0.1) is 0 Å². The van der Waals surface area contributed by atoms with Crippen molar-refractivity contribution >= 4 is 17.9 Å². The van der Waals surface area contributed by atoms with Crippen molar-refractivity contribution in [1.29, 1.82) is 0 Å². The minimum Gasteiger partial charge on any atom is -0.462 e. The van der Waals surface area contributed by atoms with Crippen LogP contribution in [0.15, 0.2) is 97.2 Å². The SMILES string of the molecule is CC\C=C/C=C\C=C/CCCCCCCC(=O)OC(COC(=O)CCCCC/C=C\C/C=C\C/C=C\C/C=C\CC)COC(=O)CCCCCC/C=C\CCCC. The van der Waals surface area contributed by atoms with Crippen molar-refractivity contribution in [2.24, 2.45) is 0 Å². The summed E-state index contributed by atoms with van der Waals surface area (Å²) in [6.45, 7) is 6.26. The number of rotatable bonds is 39. The Morgan fingerprint density at radius 3 is 1.30 bits per heavy atom. The molecule has 0 aliphatic heterocycles. The van der Waals surface area contributed by atoms with E-state index >= 15 is 0 Å². The van der Waals surface area contributed by atoms with Gasteiger partial charge in [0.25, 0.3) is 0 Å². The third kappa shape index (κ3) is 43.3. The molecule has 0 aromatic rings. The molecule has 6 nitrogen and oxygen atoms in total. The second kappa shape index (κ2) is 45.0. The van der Waals surface area contributed by atoms with Gasteiger partial charge < -0.3 is 14.2 Å². The van der Waals surface area contributed by atoms with Crippen LogP contribution in [0.1, 0.15) is 188 Å². The molecule has 0 radical (unpaired) electrons. The molecule has 0 saturated carbocycles. The predicted molar refractivity (Wildman–Crippen MR) is 242 cm³/mol. The molecule has 0 spiro atoms. The number of hydrogen-bond donors (Lipinski definition) is 0. The van der Waals surface area contributed by atoms with Crippen LogP contribution in [0, 0.1) is 0 Å². The summed E-state index contributed by atoms with van der Waals surface area (Å²) in [5.74, 6) is -0.981. The van der Waals surface area contributed by atoms with Crippen LogP contribution in [0.25, 0.3) is 0 Å². The summed E-state index contributed by atoms with van der Waals surface area (Å²) in [5, 5.41) is 0. The van der Waals surface area contributed by atoms with E-state index in [1.165, 1.54) is 12.8 Å². The molecule has 0 rings (SSSR count). The van der Waals surface area contributed by atoms with E-state index in [1.54, 1.807) is 0 Å². The zero-order valence-corrected chi connectivity index (χ0v) is 36.6. The maximum Gasteiger partial charge on any atom is 0.306 e. The van der Waals surface area contributed by atoms with Crippen LogP contribution in [0.2, 0.25) is 0 Å². The Morgan fingerprint density at radius 2 is 0.772 bits per heavy atom. The van der Waals surface area contributed by atoms with Gasteiger partial charge in [0.2, 0.25) is 0 Å². The predicted octanol–water partition coefficient (Wildman–Crippen LogP) is 14.6. The van der Waals surface area contributed by atoms with Gasteiger partial charge in [-0.05, 0) is 96.3 Å². The Bertz CT molecular complexity index is 1180. The average Bonchev–Trinajstić information content (AvgIpc) is 3.21. The first-order valence-corrected chi connectivity index (χ1v) is 22.8. The summed E-state index contributed by atoms with van der Waals surface area (Å²) in [6, 6.07) is 0. The Morgan fingerprint density at radius 1 is 0.386 bits per heavy atom. The molecule has 0 amide bonds. The van der Waals surface area contributed by atoms with E-state index in [4.69, 9.17) is 14.2 Å². The van der Waals surface area contributed by atoms with Crippen LogP contribution >= 0.6 is 0 Å². The molecule has 0 aliphatic rings. The normalized spacial score (nSPS) is 13.0. The zero-order valence-electron chi connectivity index (χ0n) is 36.6. The highest BCUT2D eigenvalue weighted by Crippen LogP contribution is 2.12. The second-order valence-corrected chi connectivity index (χ2v) is 14.6. The lowest BCUT2D eigenvalue weighted by molar-refractivity contribution is -0.167. The standard InChI is InChI=1S/C51H82O6/c1-4-7-10-13-16-19-22-24-25-26-28-29-32-35-38-41-44-50(53)56-47-48(46-55-49(52)43-40-37-34-31-21-18-15-12-9-6-3)57-51(54)45-42-39-36-33-30-27-23-20-17-14-11-8-5-2/h7-8,10-11,14-20,23-25,28-29,48H,4-6,9,12-13,21-22,26-27,30-47H2,1-3H3/b10-7-,11-8-,17-14-,18-15-,19-16-,23-20-,25-24-,29-28-. The molecule has 0 aromatic heterocycles. The highest BCUT2D eigenvalue weighted by atomic mass is 16.6. The minimum absolute atomic E-state index is 0.104. The number of allylic oxidation sites excluding steroid dienone is 16. The van der Waals surface area contributed by atoms with Gasteiger partial charge in [-0.25, -0.2) is 0 Å². The lowest BCUT2D eigenvalue weighted by atomic mass is 10.1. The van der Waals surface area contributed by atoms with E-state index in [9.17, 15) is 14.4 Å². The highest BCUT2D eigenvalue weighted by Gasteiger charge is 2.19. The first-order chi connectivity index (χ1) is 28.0. The van der Waals surface area contributed by atoms with Crippen molar-refractivity contribution < 1.29 is 28.6 Å². The molecule has 0 fully saturated rings. The zero-order chi connectivity index (χ0) is 41.5. The van der Waals surface area contributed by atoms with Crippen LogP contribution in [-0.4, -0.2) is 37.2 Å². The largest absolute Gasteiger partial charge is 0.462 e. The smallest absolute Gasteiger partial charge is 0.306 e. The first-order valence-electron chi connectivity index (χ1n) is 22.8. The quantitative estimate of drug-likeness (QED) is 0.0203. The molecule has 0 heterocycles. The summed E-state index contributed by atoms with van der Waals surface area (Å²) in [5.41, 5.74) is 0. The van der Waals surface area contributed by atoms with Crippen molar-refractivity contribution in [1.82, 2.24) is 0 Å². The van der Waals surface area contributed by atoms with E-state index < -0.39 is 6.10 Å². The van der Waals surface area contributed by atoms with Crippen LogP contribution in [0.4, 0.5) is 0 Å². The molecule has 1 unspecified atom stereocenters. The van der Waals surface area contributed by atoms with Gasteiger partial charge in [-0.3, -0.25) is 14.4 Å². The molecule has 57 heavy (non-hydrogen) atoms. The van der Waals surface area contributed by atoms with Gasteiger partial charge >= 0.3 is 17.9 Å². The van der Waals surface area contributed by atoms with Crippen LogP contribution in [0.5, 0.6) is 0 Å². The summed E-state index contributed by atoms with van der Waals surface area (Å²) in [6.07, 6.45) is 58.2. The van der Waals surface area contributed by atoms with Crippen LogP contribution in [-0.2, 0) is 28.6 Å². The van der Waals surface area contributed by atoms with Gasteiger partial charge in [-0.2, -0.15) is 0 Å². The number of esters is 3. The molecule has 0 bridgehead atoms. The number of ether oxygens (including phenoxy) is 3. The summed E-state index contributed by atoms with van der Waals surface area (Å²) in [7, 11) is 0. The van der Waals surface area contributed by atoms with Gasteiger partial charge in [0.15, 0.2) is 6.10 Å². The Kier molecular flexibility index (Phi) is 42.1. The molecule has 6 heteroatoms. The fourth-order valence-electron chi connectivity index (χ4n) is 5.71. The van der Waals surface area contributed by atoms with E-state index in [1.807, 2.05) is 6.08 Å². The summed E-state index contributed by atoms with van der Waals surface area (Å²) >= 11 is 0. The average molecular weight is 791 g/mol. The monoisotopic (exact) mass is 791 g/mol. The molecule has 0 aromatic carbocycles. The van der Waals surface area contributed by atoms with Gasteiger partial charge in [0.1, 0.15) is 13.2 Å². The molecular weight excluding hydrogens is 709 g/mol. The third-order valence-electron chi connectivity index (χ3n) is 9.11. The molecule has 0 saturated heterocycles. The molecule has 322 valence electrons. The fraction of sp³-hybridized carbons (Fsp3) is 0.627. The molecular formula is C51H82O6. The van der Waals surface area contributed by atoms with Gasteiger partial charge in [0, 0.05) is 19.3 Å². The maximum absolute atomic E-state index is 12.7. The van der Waals surface area contributed by atoms with Gasteiger partial charge in [-0.1, -0.05) is 169 Å². The van der Waals surface area contributed by atoms with Crippen molar-refractivity contribution in [2.75, 3.05) is 13.2 Å². The summed E-state index contributed by atoms with van der Waals surface area (Å²) < 4.78 is 16.6. The number of carbonyl (C=O) groups excluding carboxylic acids is 3. The minimum atomic E-state index is -0.804. The molecule has 0 N–H and O–H groups in total. The van der Waals surface area contributed by atoms with Crippen molar-refractivity contribution in [3.63, 3.8) is 0 Å². The Balaban J connectivity index is 4.49. The number of carbonyl (C=O) groups is 3. The topological polar surface area (TPSA) is 78.9 Å². The third-order valence-corrected chi connectivity index (χ3v) is 9.11. The number of unbranched alkanes of at least 4 members (excludes halogenated alkanes) is 14. The van der Waals surface area contributed by atoms with Gasteiger partial charge in [-0.15, -0.1) is 0 Å². The van der Waals surface area contributed by atoms with Crippen LogP contribution < -0.4 is 0 Å². The first kappa shape index (κ1) is 53.3. The highest BCUT2D eigenvalue weighted by molar-refractivity contribution is 5.71. The van der Waals surface area contributed by atoms with E-state index in [0.29, 0.717) is 19.3 Å². The van der Waals surface area contributed by atoms with Crippen LogP contribution in [0.3, 0.4) is 0 Å². The molecule has 1 atom stereocenters. The lowest BCUT2D eigenvalue weighted by Crippen LogP contribution is -2.30. The molecule has 0 aliphatic carbocycles. The number of hydrogen-bond acceptors (Lipinski definition) is 6. The van der Waals surface area contributed by atoms with Crippen molar-refractivity contribution in [3.05, 3.63) is 97.2 Å². The van der Waals surface area contributed by atoms with Crippen molar-refractivity contribution in [3.8, 4) is 0 Å². The second-order valence-electron chi connectivity index (χ2n) is 14.6. The Labute approximate surface area is 349 Å². The lowest BCUT2D eigenvalue weighted by Gasteiger charge is -2.18. The van der Waals surface area contributed by atoms with E-state index in [-0.39, 0.29) is 31.1 Å². The van der Waals surface area contributed by atoms with Crippen molar-refractivity contribution in [2.45, 2.75) is 194 Å². The van der Waals surface area contributed by atoms with E-state index in [2.05, 4.69) is 112 Å². The Hall–Kier alpha value is -3.67. The maximum atomic E-state index is 12.7. The summed E-state index contributed by atoms with van der Waals surface area (Å²) in [4.78, 5) is 37.7.